The highest BCUT2D eigenvalue weighted by atomic mass is 16.4. The number of hydrogen-bond acceptors (Lipinski definition) is 6. The van der Waals surface area contributed by atoms with E-state index in [1.54, 1.807) is 11.9 Å². The fourth-order valence-corrected chi connectivity index (χ4v) is 2.70. The van der Waals surface area contributed by atoms with Crippen molar-refractivity contribution in [2.24, 2.45) is 0 Å². The summed E-state index contributed by atoms with van der Waals surface area (Å²) in [4.78, 5) is 18.1. The van der Waals surface area contributed by atoms with Crippen molar-refractivity contribution in [2.75, 3.05) is 18.9 Å². The van der Waals surface area contributed by atoms with E-state index in [9.17, 15) is 4.79 Å². The van der Waals surface area contributed by atoms with Crippen LogP contribution in [0.5, 0.6) is 0 Å². The number of aryl methyl sites for hydroxylation is 1. The molecule has 0 atom stereocenters. The van der Waals surface area contributed by atoms with E-state index in [0.717, 1.165) is 16.7 Å². The number of para-hydroxylation sites is 1. The first-order valence-corrected chi connectivity index (χ1v) is 7.41. The first-order chi connectivity index (χ1) is 11.1. The topological polar surface area (TPSA) is 89.1 Å². The number of nitrogens with one attached hydrogen (secondary N) is 1. The van der Waals surface area contributed by atoms with Crippen molar-refractivity contribution in [1.29, 1.82) is 0 Å². The number of hydrogen-bond donors (Lipinski definition) is 1. The van der Waals surface area contributed by atoms with Gasteiger partial charge < -0.3 is 19.2 Å². The highest BCUT2D eigenvalue weighted by molar-refractivity contribution is 5.91. The molecule has 3 heterocycles. The Kier molecular flexibility index (Phi) is 3.03. The highest BCUT2D eigenvalue weighted by Gasteiger charge is 2.26. The molecule has 8 nitrogen and oxygen atoms in total. The molecule has 2 aromatic heterocycles. The van der Waals surface area contributed by atoms with Crippen LogP contribution in [0.4, 0.5) is 6.01 Å². The van der Waals surface area contributed by atoms with Crippen LogP contribution in [0, 0.1) is 6.92 Å². The van der Waals surface area contributed by atoms with Gasteiger partial charge in [0.15, 0.2) is 11.4 Å². The van der Waals surface area contributed by atoms with E-state index in [0.29, 0.717) is 37.3 Å². The number of fused-ring (bicyclic) bond motifs is 2. The second kappa shape index (κ2) is 5.08. The lowest BCUT2D eigenvalue weighted by Crippen LogP contribution is -2.38. The predicted octanol–water partition coefficient (Wildman–Crippen LogP) is 1.43. The van der Waals surface area contributed by atoms with Crippen LogP contribution in [0.3, 0.4) is 0 Å². The number of likely N-dealkylation sites (N-methyl/N-ethyl adjacent to an activating group) is 1. The number of carbonyl (C=O) groups excluding carboxylic acids is 1. The molecule has 4 rings (SSSR count). The largest absolute Gasteiger partial charge is 0.423 e. The molecule has 0 radical (unpaired) electrons. The quantitative estimate of drug-likeness (QED) is 0.787. The van der Waals surface area contributed by atoms with Crippen molar-refractivity contribution in [1.82, 2.24) is 24.6 Å². The number of aromatic nitrogens is 4. The SMILES string of the molecule is Cc1cccc2nc(NCc3nnc4n3CCN(C)C4=O)oc12. The Hall–Kier alpha value is -2.90. The maximum absolute atomic E-state index is 12.0. The smallest absolute Gasteiger partial charge is 0.296 e. The van der Waals surface area contributed by atoms with Crippen molar-refractivity contribution in [3.8, 4) is 0 Å². The van der Waals surface area contributed by atoms with Gasteiger partial charge in [-0.1, -0.05) is 12.1 Å². The molecule has 1 N–H and O–H groups in total. The summed E-state index contributed by atoms with van der Waals surface area (Å²) in [5, 5.41) is 11.2. The monoisotopic (exact) mass is 312 g/mol. The summed E-state index contributed by atoms with van der Waals surface area (Å²) in [6.07, 6.45) is 0. The third-order valence-electron chi connectivity index (χ3n) is 4.03. The molecule has 0 bridgehead atoms. The Morgan fingerprint density at radius 3 is 3.00 bits per heavy atom. The van der Waals surface area contributed by atoms with Gasteiger partial charge in [-0.2, -0.15) is 4.98 Å². The summed E-state index contributed by atoms with van der Waals surface area (Å²) in [6.45, 7) is 3.72. The summed E-state index contributed by atoms with van der Waals surface area (Å²) in [7, 11) is 1.76. The Balaban J connectivity index is 1.56. The Labute approximate surface area is 132 Å². The molecule has 0 saturated heterocycles. The Morgan fingerprint density at radius 1 is 1.30 bits per heavy atom. The van der Waals surface area contributed by atoms with Crippen molar-refractivity contribution >= 4 is 23.0 Å². The standard InChI is InChI=1S/C15H16N6O2/c1-9-4-3-5-10-12(9)23-15(17-10)16-8-11-18-19-13-14(22)20(2)6-7-21(11)13/h3-5H,6-8H2,1-2H3,(H,16,17). The zero-order chi connectivity index (χ0) is 16.0. The number of amides is 1. The van der Waals surface area contributed by atoms with E-state index >= 15 is 0 Å². The molecule has 3 aromatic rings. The van der Waals surface area contributed by atoms with Gasteiger partial charge in [-0.15, -0.1) is 10.2 Å². The summed E-state index contributed by atoms with van der Waals surface area (Å²) in [5.74, 6) is 0.969. The third-order valence-corrected chi connectivity index (χ3v) is 4.03. The van der Waals surface area contributed by atoms with E-state index in [2.05, 4.69) is 20.5 Å². The van der Waals surface area contributed by atoms with Crippen LogP contribution in [-0.2, 0) is 13.1 Å². The van der Waals surface area contributed by atoms with Gasteiger partial charge >= 0.3 is 0 Å². The van der Waals surface area contributed by atoms with Crippen LogP contribution < -0.4 is 5.32 Å². The van der Waals surface area contributed by atoms with Crippen molar-refractivity contribution in [3.05, 3.63) is 35.4 Å². The van der Waals surface area contributed by atoms with E-state index in [1.807, 2.05) is 29.7 Å². The van der Waals surface area contributed by atoms with Crippen molar-refractivity contribution in [2.45, 2.75) is 20.0 Å². The van der Waals surface area contributed by atoms with E-state index in [4.69, 9.17) is 4.42 Å². The van der Waals surface area contributed by atoms with E-state index < -0.39 is 0 Å². The lowest BCUT2D eigenvalue weighted by molar-refractivity contribution is 0.0740. The molecule has 8 heteroatoms. The first kappa shape index (κ1) is 13.7. The van der Waals surface area contributed by atoms with Gasteiger partial charge in [0, 0.05) is 20.1 Å². The number of carbonyl (C=O) groups is 1. The van der Waals surface area contributed by atoms with Gasteiger partial charge in [0.1, 0.15) is 5.52 Å². The minimum absolute atomic E-state index is 0.104. The number of rotatable bonds is 3. The predicted molar refractivity (Wildman–Crippen MR) is 83.1 cm³/mol. The van der Waals surface area contributed by atoms with Crippen LogP contribution >= 0.6 is 0 Å². The average Bonchev–Trinajstić information content (AvgIpc) is 3.13. The average molecular weight is 312 g/mol. The maximum Gasteiger partial charge on any atom is 0.296 e. The normalized spacial score (nSPS) is 14.3. The summed E-state index contributed by atoms with van der Waals surface area (Å²) in [6, 6.07) is 6.27. The molecule has 1 aromatic carbocycles. The highest BCUT2D eigenvalue weighted by Crippen LogP contribution is 2.22. The number of nitrogens with zero attached hydrogens (tertiary/aromatic N) is 5. The molecule has 118 valence electrons. The van der Waals surface area contributed by atoms with Gasteiger partial charge in [0.25, 0.3) is 11.9 Å². The molecule has 0 saturated carbocycles. The van der Waals surface area contributed by atoms with Crippen LogP contribution in [0.1, 0.15) is 22.0 Å². The molecule has 23 heavy (non-hydrogen) atoms. The Bertz CT molecular complexity index is 897. The number of oxazole rings is 1. The lowest BCUT2D eigenvalue weighted by Gasteiger charge is -2.23. The van der Waals surface area contributed by atoms with Gasteiger partial charge in [0.2, 0.25) is 5.82 Å². The van der Waals surface area contributed by atoms with Crippen LogP contribution in [0.15, 0.2) is 22.6 Å². The molecular formula is C15H16N6O2. The van der Waals surface area contributed by atoms with Crippen LogP contribution in [0.25, 0.3) is 11.1 Å². The number of benzene rings is 1. The fraction of sp³-hybridized carbons (Fsp3) is 0.333. The Morgan fingerprint density at radius 2 is 2.17 bits per heavy atom. The van der Waals surface area contributed by atoms with Gasteiger partial charge in [-0.25, -0.2) is 0 Å². The minimum Gasteiger partial charge on any atom is -0.423 e. The maximum atomic E-state index is 12.0. The second-order valence-electron chi connectivity index (χ2n) is 5.61. The van der Waals surface area contributed by atoms with Crippen LogP contribution in [0.2, 0.25) is 0 Å². The van der Waals surface area contributed by atoms with E-state index in [1.165, 1.54) is 0 Å². The van der Waals surface area contributed by atoms with Gasteiger partial charge in [-0.3, -0.25) is 4.79 Å². The molecule has 0 aliphatic carbocycles. The fourth-order valence-electron chi connectivity index (χ4n) is 2.70. The molecule has 1 aliphatic heterocycles. The van der Waals surface area contributed by atoms with Crippen molar-refractivity contribution < 1.29 is 9.21 Å². The lowest BCUT2D eigenvalue weighted by atomic mass is 10.2. The summed E-state index contributed by atoms with van der Waals surface area (Å²) in [5.41, 5.74) is 2.62. The van der Waals surface area contributed by atoms with E-state index in [-0.39, 0.29) is 5.91 Å². The number of anilines is 1. The summed E-state index contributed by atoms with van der Waals surface area (Å²) >= 11 is 0. The molecule has 1 aliphatic rings. The van der Waals surface area contributed by atoms with Gasteiger partial charge in [-0.05, 0) is 18.6 Å². The molecule has 1 amide bonds. The molecular weight excluding hydrogens is 296 g/mol. The zero-order valence-corrected chi connectivity index (χ0v) is 12.9. The molecule has 0 spiro atoms. The van der Waals surface area contributed by atoms with Crippen LogP contribution in [-0.4, -0.2) is 44.1 Å². The first-order valence-electron chi connectivity index (χ1n) is 7.41. The van der Waals surface area contributed by atoms with Crippen molar-refractivity contribution in [3.63, 3.8) is 0 Å². The minimum atomic E-state index is -0.104. The molecule has 0 fully saturated rings. The summed E-state index contributed by atoms with van der Waals surface area (Å²) < 4.78 is 7.56. The third kappa shape index (κ3) is 2.23. The second-order valence-corrected chi connectivity index (χ2v) is 5.61. The zero-order valence-electron chi connectivity index (χ0n) is 12.9. The molecule has 0 unspecified atom stereocenters. The van der Waals surface area contributed by atoms with Gasteiger partial charge in [0.05, 0.1) is 6.54 Å².